The molecule has 1 aromatic carbocycles. The molecule has 1 aliphatic rings. The maximum atomic E-state index is 12.3. The van der Waals surface area contributed by atoms with Gasteiger partial charge >= 0.3 is 11.9 Å². The lowest BCUT2D eigenvalue weighted by atomic mass is 10.2. The fraction of sp³-hybridized carbons (Fsp3) is 0.294. The Morgan fingerprint density at radius 2 is 2.00 bits per heavy atom. The van der Waals surface area contributed by atoms with Gasteiger partial charge in [0.1, 0.15) is 12.3 Å². The zero-order valence-corrected chi connectivity index (χ0v) is 16.9. The van der Waals surface area contributed by atoms with E-state index in [-0.39, 0.29) is 18.1 Å². The van der Waals surface area contributed by atoms with Crippen molar-refractivity contribution in [3.63, 3.8) is 0 Å². The largest absolute Gasteiger partial charge is 0.481 e. The number of methoxy groups -OCH3 is 1. The highest BCUT2D eigenvalue weighted by molar-refractivity contribution is 9.10. The third-order valence-corrected chi connectivity index (χ3v) is 4.82. The average molecular weight is 458 g/mol. The summed E-state index contributed by atoms with van der Waals surface area (Å²) >= 11 is 4.07. The summed E-state index contributed by atoms with van der Waals surface area (Å²) in [6.45, 7) is 1.16. The van der Waals surface area contributed by atoms with Crippen LogP contribution in [0, 0.1) is 0 Å². The van der Waals surface area contributed by atoms with Gasteiger partial charge in [0.15, 0.2) is 6.61 Å². The van der Waals surface area contributed by atoms with E-state index in [4.69, 9.17) is 9.47 Å². The zero-order chi connectivity index (χ0) is 20.0. The van der Waals surface area contributed by atoms with Crippen molar-refractivity contribution in [2.45, 2.75) is 6.92 Å². The molecule has 2 rings (SSSR count). The third kappa shape index (κ3) is 5.57. The van der Waals surface area contributed by atoms with Crippen LogP contribution in [0.15, 0.2) is 27.6 Å². The molecule has 0 spiro atoms. The van der Waals surface area contributed by atoms with E-state index in [0.717, 1.165) is 16.7 Å². The second-order valence-electron chi connectivity index (χ2n) is 5.13. The normalized spacial score (nSPS) is 15.2. The molecule has 0 N–H and O–H groups in total. The van der Waals surface area contributed by atoms with Gasteiger partial charge in [-0.3, -0.25) is 19.3 Å². The summed E-state index contributed by atoms with van der Waals surface area (Å²) in [6, 6.07) is 4.95. The first-order valence-electron chi connectivity index (χ1n) is 7.75. The Hall–Kier alpha value is -2.33. The van der Waals surface area contributed by atoms with Crippen molar-refractivity contribution in [1.82, 2.24) is 4.90 Å². The SMILES string of the molecule is CCOC(=O)CN1C(=O)SC(=Cc2ccc(OCC(=O)OC)c(Br)c2)C1=O. The van der Waals surface area contributed by atoms with E-state index < -0.39 is 29.6 Å². The van der Waals surface area contributed by atoms with Gasteiger partial charge in [0.2, 0.25) is 0 Å². The van der Waals surface area contributed by atoms with Gasteiger partial charge in [0, 0.05) is 0 Å². The van der Waals surface area contributed by atoms with Crippen LogP contribution in [0.5, 0.6) is 5.75 Å². The molecule has 0 bridgehead atoms. The molecule has 144 valence electrons. The van der Waals surface area contributed by atoms with E-state index in [1.807, 2.05) is 0 Å². The predicted octanol–water partition coefficient (Wildman–Crippen LogP) is 2.60. The number of carbonyl (C=O) groups is 4. The van der Waals surface area contributed by atoms with Gasteiger partial charge in [-0.15, -0.1) is 0 Å². The number of halogens is 1. The Balaban J connectivity index is 2.10. The monoisotopic (exact) mass is 457 g/mol. The van der Waals surface area contributed by atoms with E-state index in [0.29, 0.717) is 15.8 Å². The molecule has 0 unspecified atom stereocenters. The number of rotatable bonds is 7. The summed E-state index contributed by atoms with van der Waals surface area (Å²) in [6.07, 6.45) is 1.53. The van der Waals surface area contributed by atoms with Crippen LogP contribution in [0.3, 0.4) is 0 Å². The fourth-order valence-corrected chi connectivity index (χ4v) is 3.39. The van der Waals surface area contributed by atoms with E-state index in [1.165, 1.54) is 13.2 Å². The van der Waals surface area contributed by atoms with Crippen molar-refractivity contribution in [1.29, 1.82) is 0 Å². The fourth-order valence-electron chi connectivity index (χ4n) is 2.04. The number of carbonyl (C=O) groups excluding carboxylic acids is 4. The van der Waals surface area contributed by atoms with Crippen LogP contribution in [-0.2, 0) is 23.9 Å². The second kappa shape index (κ2) is 9.56. The van der Waals surface area contributed by atoms with E-state index >= 15 is 0 Å². The molecule has 1 aliphatic heterocycles. The number of benzene rings is 1. The first kappa shape index (κ1) is 21.0. The molecule has 1 aromatic rings. The van der Waals surface area contributed by atoms with Crippen molar-refractivity contribution in [3.05, 3.63) is 33.1 Å². The van der Waals surface area contributed by atoms with Crippen molar-refractivity contribution >= 4 is 56.9 Å². The molecular weight excluding hydrogens is 442 g/mol. The topological polar surface area (TPSA) is 99.2 Å². The van der Waals surface area contributed by atoms with E-state index in [1.54, 1.807) is 25.1 Å². The Morgan fingerprint density at radius 3 is 2.63 bits per heavy atom. The number of thioether (sulfide) groups is 1. The lowest BCUT2D eigenvalue weighted by Crippen LogP contribution is -2.34. The van der Waals surface area contributed by atoms with Crippen LogP contribution in [0.1, 0.15) is 12.5 Å². The van der Waals surface area contributed by atoms with Gasteiger partial charge in [0.05, 0.1) is 23.1 Å². The van der Waals surface area contributed by atoms with Crippen LogP contribution >= 0.6 is 27.7 Å². The number of imide groups is 1. The van der Waals surface area contributed by atoms with Gasteiger partial charge in [-0.05, 0) is 58.4 Å². The molecule has 0 aliphatic carbocycles. The summed E-state index contributed by atoms with van der Waals surface area (Å²) in [7, 11) is 1.26. The van der Waals surface area contributed by atoms with Gasteiger partial charge in [-0.25, -0.2) is 4.79 Å². The number of amides is 2. The van der Waals surface area contributed by atoms with E-state index in [9.17, 15) is 19.2 Å². The molecule has 1 saturated heterocycles. The highest BCUT2D eigenvalue weighted by Crippen LogP contribution is 2.33. The first-order chi connectivity index (χ1) is 12.8. The molecule has 2 amide bonds. The number of nitrogens with zero attached hydrogens (tertiary/aromatic N) is 1. The van der Waals surface area contributed by atoms with Gasteiger partial charge in [-0.1, -0.05) is 6.07 Å². The minimum absolute atomic E-state index is 0.170. The average Bonchev–Trinajstić information content (AvgIpc) is 2.88. The van der Waals surface area contributed by atoms with Crippen molar-refractivity contribution in [3.8, 4) is 5.75 Å². The molecule has 1 heterocycles. The van der Waals surface area contributed by atoms with Gasteiger partial charge < -0.3 is 14.2 Å². The molecule has 8 nitrogen and oxygen atoms in total. The molecule has 27 heavy (non-hydrogen) atoms. The van der Waals surface area contributed by atoms with Gasteiger partial charge in [-0.2, -0.15) is 0 Å². The lowest BCUT2D eigenvalue weighted by Gasteiger charge is -2.10. The molecule has 0 saturated carbocycles. The summed E-state index contributed by atoms with van der Waals surface area (Å²) in [5.74, 6) is -1.29. The lowest BCUT2D eigenvalue weighted by molar-refractivity contribution is -0.146. The predicted molar refractivity (Wildman–Crippen MR) is 101 cm³/mol. The number of ether oxygens (including phenoxy) is 3. The second-order valence-corrected chi connectivity index (χ2v) is 6.98. The third-order valence-electron chi connectivity index (χ3n) is 3.29. The zero-order valence-electron chi connectivity index (χ0n) is 14.5. The van der Waals surface area contributed by atoms with Crippen molar-refractivity contribution < 1.29 is 33.4 Å². The minimum Gasteiger partial charge on any atom is -0.481 e. The Labute approximate surface area is 167 Å². The molecule has 0 atom stereocenters. The van der Waals surface area contributed by atoms with Crippen molar-refractivity contribution in [2.75, 3.05) is 26.9 Å². The smallest absolute Gasteiger partial charge is 0.343 e. The quantitative estimate of drug-likeness (QED) is 0.454. The van der Waals surface area contributed by atoms with Crippen molar-refractivity contribution in [2.24, 2.45) is 0 Å². The van der Waals surface area contributed by atoms with Crippen LogP contribution in [0.25, 0.3) is 6.08 Å². The highest BCUT2D eigenvalue weighted by Gasteiger charge is 2.36. The summed E-state index contributed by atoms with van der Waals surface area (Å²) in [5, 5.41) is -0.531. The molecule has 10 heteroatoms. The van der Waals surface area contributed by atoms with Gasteiger partial charge in [0.25, 0.3) is 11.1 Å². The first-order valence-corrected chi connectivity index (χ1v) is 9.36. The molecule has 0 aromatic heterocycles. The molecule has 0 radical (unpaired) electrons. The number of hydrogen-bond donors (Lipinski definition) is 0. The highest BCUT2D eigenvalue weighted by atomic mass is 79.9. The van der Waals surface area contributed by atoms with Crippen LogP contribution in [-0.4, -0.2) is 54.9 Å². The maximum absolute atomic E-state index is 12.3. The minimum atomic E-state index is -0.643. The summed E-state index contributed by atoms with van der Waals surface area (Å²) in [5.41, 5.74) is 0.633. The number of esters is 2. The summed E-state index contributed by atoms with van der Waals surface area (Å²) < 4.78 is 15.1. The number of hydrogen-bond acceptors (Lipinski definition) is 8. The summed E-state index contributed by atoms with van der Waals surface area (Å²) in [4.78, 5) is 48.0. The maximum Gasteiger partial charge on any atom is 0.343 e. The standard InChI is InChI=1S/C17H16BrNO7S/c1-3-25-14(20)8-19-16(22)13(27-17(19)23)7-10-4-5-12(11(18)6-10)26-9-15(21)24-2/h4-7H,3,8-9H2,1-2H3. The Morgan fingerprint density at radius 1 is 1.26 bits per heavy atom. The molecular formula is C17H16BrNO7S. The van der Waals surface area contributed by atoms with E-state index in [2.05, 4.69) is 20.7 Å². The molecule has 1 fully saturated rings. The van der Waals surface area contributed by atoms with Crippen LogP contribution < -0.4 is 4.74 Å². The Bertz CT molecular complexity index is 808. The van der Waals surface area contributed by atoms with Crippen LogP contribution in [0.4, 0.5) is 4.79 Å². The van der Waals surface area contributed by atoms with Crippen LogP contribution in [0.2, 0.25) is 0 Å². The Kier molecular flexibility index (Phi) is 7.43.